The van der Waals surface area contributed by atoms with Crippen molar-refractivity contribution in [2.45, 2.75) is 13.3 Å². The van der Waals surface area contributed by atoms with Crippen LogP contribution in [0.2, 0.25) is 0 Å². The van der Waals surface area contributed by atoms with Crippen LogP contribution in [0.25, 0.3) is 0 Å². The zero-order valence-corrected chi connectivity index (χ0v) is 7.51. The van der Waals surface area contributed by atoms with E-state index in [1.807, 2.05) is 12.1 Å². The van der Waals surface area contributed by atoms with Gasteiger partial charge in [0, 0.05) is 24.3 Å². The molecule has 1 rings (SSSR count). The number of anilines is 1. The fourth-order valence-corrected chi connectivity index (χ4v) is 1.00. The Morgan fingerprint density at radius 3 is 2.92 bits per heavy atom. The van der Waals surface area contributed by atoms with E-state index in [1.165, 1.54) is 0 Å². The second-order valence-corrected chi connectivity index (χ2v) is 2.61. The highest BCUT2D eigenvalue weighted by Gasteiger charge is 2.09. The van der Waals surface area contributed by atoms with Gasteiger partial charge in [0.1, 0.15) is 0 Å². The third kappa shape index (κ3) is 1.98. The summed E-state index contributed by atoms with van der Waals surface area (Å²) in [6, 6.07) is 9.94. The van der Waals surface area contributed by atoms with E-state index in [9.17, 15) is 4.79 Å². The predicted octanol–water partition coefficient (Wildman–Crippen LogP) is 2.38. The minimum atomic E-state index is -0.126. The SMILES string of the molecule is CCC(=O)N(Cl)c1[c]cccc1. The number of carbonyl (C=O) groups excluding carboxylic acids is 1. The molecule has 0 N–H and O–H groups in total. The topological polar surface area (TPSA) is 20.3 Å². The van der Waals surface area contributed by atoms with Gasteiger partial charge in [0.15, 0.2) is 0 Å². The highest BCUT2D eigenvalue weighted by Crippen LogP contribution is 2.15. The zero-order chi connectivity index (χ0) is 8.97. The monoisotopic (exact) mass is 182 g/mol. The molecule has 0 aliphatic carbocycles. The Morgan fingerprint density at radius 2 is 2.42 bits per heavy atom. The number of hydrogen-bond acceptors (Lipinski definition) is 1. The summed E-state index contributed by atoms with van der Waals surface area (Å²) in [5.74, 6) is -0.126. The third-order valence-corrected chi connectivity index (χ3v) is 1.80. The number of nitrogens with zero attached hydrogens (tertiary/aromatic N) is 1. The molecule has 12 heavy (non-hydrogen) atoms. The Morgan fingerprint density at radius 1 is 1.67 bits per heavy atom. The second kappa shape index (κ2) is 4.12. The molecule has 2 nitrogen and oxygen atoms in total. The van der Waals surface area contributed by atoms with Crippen molar-refractivity contribution in [2.24, 2.45) is 0 Å². The van der Waals surface area contributed by atoms with Gasteiger partial charge in [-0.25, -0.2) is 4.42 Å². The van der Waals surface area contributed by atoms with Gasteiger partial charge < -0.3 is 0 Å². The van der Waals surface area contributed by atoms with Crippen molar-refractivity contribution in [1.82, 2.24) is 0 Å². The lowest BCUT2D eigenvalue weighted by molar-refractivity contribution is -0.117. The van der Waals surface area contributed by atoms with Gasteiger partial charge in [-0.1, -0.05) is 25.1 Å². The van der Waals surface area contributed by atoms with Crippen molar-refractivity contribution in [3.8, 4) is 0 Å². The van der Waals surface area contributed by atoms with Gasteiger partial charge >= 0.3 is 0 Å². The molecular formula is C9H9ClNO. The van der Waals surface area contributed by atoms with Crippen molar-refractivity contribution in [3.05, 3.63) is 30.3 Å². The summed E-state index contributed by atoms with van der Waals surface area (Å²) in [5, 5.41) is 0. The number of halogens is 1. The Labute approximate surface area is 76.9 Å². The molecule has 1 amide bonds. The number of benzene rings is 1. The first kappa shape index (κ1) is 9.07. The molecule has 0 fully saturated rings. The number of rotatable bonds is 2. The van der Waals surface area contributed by atoms with Crippen LogP contribution in [0, 0.1) is 6.07 Å². The minimum Gasteiger partial charge on any atom is -0.273 e. The summed E-state index contributed by atoms with van der Waals surface area (Å²) in [7, 11) is 0. The lowest BCUT2D eigenvalue weighted by Crippen LogP contribution is -2.18. The van der Waals surface area contributed by atoms with Crippen LogP contribution in [-0.2, 0) is 4.79 Å². The Bertz CT molecular complexity index is 260. The van der Waals surface area contributed by atoms with E-state index in [-0.39, 0.29) is 5.91 Å². The molecule has 1 radical (unpaired) electrons. The van der Waals surface area contributed by atoms with Gasteiger partial charge in [0.25, 0.3) is 0 Å². The van der Waals surface area contributed by atoms with Gasteiger partial charge in [-0.2, -0.15) is 0 Å². The summed E-state index contributed by atoms with van der Waals surface area (Å²) in [5.41, 5.74) is 0.589. The first-order valence-corrected chi connectivity index (χ1v) is 4.05. The lowest BCUT2D eigenvalue weighted by atomic mass is 10.3. The summed E-state index contributed by atoms with van der Waals surface area (Å²) in [6.07, 6.45) is 0.395. The van der Waals surface area contributed by atoms with Gasteiger partial charge in [-0.15, -0.1) is 0 Å². The molecule has 0 atom stereocenters. The van der Waals surface area contributed by atoms with Crippen LogP contribution in [-0.4, -0.2) is 5.91 Å². The normalized spacial score (nSPS) is 9.50. The fourth-order valence-electron chi connectivity index (χ4n) is 0.779. The fraction of sp³-hybridized carbons (Fsp3) is 0.222. The van der Waals surface area contributed by atoms with Crippen LogP contribution in [0.15, 0.2) is 24.3 Å². The Kier molecular flexibility index (Phi) is 3.11. The Hall–Kier alpha value is -1.02. The molecule has 0 aromatic heterocycles. The van der Waals surface area contributed by atoms with Crippen LogP contribution in [0.3, 0.4) is 0 Å². The number of amides is 1. The number of hydrogen-bond donors (Lipinski definition) is 0. The summed E-state index contributed by atoms with van der Waals surface area (Å²) >= 11 is 5.71. The quantitative estimate of drug-likeness (QED) is 0.644. The van der Waals surface area contributed by atoms with Crippen molar-refractivity contribution >= 4 is 23.4 Å². The number of carbonyl (C=O) groups is 1. The van der Waals surface area contributed by atoms with Gasteiger partial charge in [0.05, 0.1) is 5.69 Å². The zero-order valence-electron chi connectivity index (χ0n) is 6.75. The first-order chi connectivity index (χ1) is 5.75. The molecule has 0 saturated carbocycles. The molecule has 0 heterocycles. The molecule has 1 aromatic carbocycles. The van der Waals surface area contributed by atoms with E-state index >= 15 is 0 Å². The van der Waals surface area contributed by atoms with E-state index in [2.05, 4.69) is 6.07 Å². The van der Waals surface area contributed by atoms with Gasteiger partial charge in [0.2, 0.25) is 5.91 Å². The molecule has 1 aromatic rings. The second-order valence-electron chi connectivity index (χ2n) is 2.28. The van der Waals surface area contributed by atoms with Crippen LogP contribution in [0.5, 0.6) is 0 Å². The molecule has 0 aliphatic heterocycles. The van der Waals surface area contributed by atoms with E-state index in [1.54, 1.807) is 19.1 Å². The lowest BCUT2D eigenvalue weighted by Gasteiger charge is -2.11. The van der Waals surface area contributed by atoms with Gasteiger partial charge in [-0.3, -0.25) is 4.79 Å². The predicted molar refractivity (Wildman–Crippen MR) is 48.9 cm³/mol. The van der Waals surface area contributed by atoms with Crippen molar-refractivity contribution in [1.29, 1.82) is 0 Å². The maximum Gasteiger partial charge on any atom is 0.241 e. The van der Waals surface area contributed by atoms with Crippen molar-refractivity contribution in [3.63, 3.8) is 0 Å². The summed E-state index contributed by atoms with van der Waals surface area (Å²) in [6.45, 7) is 1.76. The third-order valence-electron chi connectivity index (χ3n) is 1.43. The van der Waals surface area contributed by atoms with E-state index in [0.29, 0.717) is 12.1 Å². The van der Waals surface area contributed by atoms with E-state index < -0.39 is 0 Å². The van der Waals surface area contributed by atoms with E-state index in [4.69, 9.17) is 11.8 Å². The summed E-state index contributed by atoms with van der Waals surface area (Å²) in [4.78, 5) is 11.1. The molecule has 0 bridgehead atoms. The molecule has 0 unspecified atom stereocenters. The van der Waals surface area contributed by atoms with Crippen LogP contribution < -0.4 is 4.42 Å². The number of para-hydroxylation sites is 1. The van der Waals surface area contributed by atoms with Crippen molar-refractivity contribution in [2.75, 3.05) is 4.42 Å². The van der Waals surface area contributed by atoms with E-state index in [0.717, 1.165) is 4.42 Å². The van der Waals surface area contributed by atoms with Crippen LogP contribution >= 0.6 is 11.8 Å². The average Bonchev–Trinajstić information content (AvgIpc) is 2.17. The summed E-state index contributed by atoms with van der Waals surface area (Å²) < 4.78 is 1.08. The highest BCUT2D eigenvalue weighted by molar-refractivity contribution is 6.36. The molecule has 0 spiro atoms. The van der Waals surface area contributed by atoms with Crippen LogP contribution in [0.4, 0.5) is 5.69 Å². The highest BCUT2D eigenvalue weighted by atomic mass is 35.5. The van der Waals surface area contributed by atoms with Crippen LogP contribution in [0.1, 0.15) is 13.3 Å². The first-order valence-electron chi connectivity index (χ1n) is 3.71. The molecular weight excluding hydrogens is 174 g/mol. The molecule has 0 saturated heterocycles. The Balaban J connectivity index is 2.78. The molecule has 3 heteroatoms. The molecule has 63 valence electrons. The minimum absolute atomic E-state index is 0.126. The largest absolute Gasteiger partial charge is 0.273 e. The standard InChI is InChI=1S/C9H9ClNO/c1-2-9(12)11(10)8-6-4-3-5-7-8/h3-6H,2H2,1H3. The maximum absolute atomic E-state index is 11.1. The molecule has 0 aliphatic rings. The van der Waals surface area contributed by atoms with Crippen molar-refractivity contribution < 1.29 is 4.79 Å². The van der Waals surface area contributed by atoms with Gasteiger partial charge in [-0.05, 0) is 6.07 Å². The smallest absolute Gasteiger partial charge is 0.241 e. The average molecular weight is 183 g/mol. The maximum atomic E-state index is 11.1.